The molecule has 19 heavy (non-hydrogen) atoms. The van der Waals surface area contributed by atoms with Crippen LogP contribution in [0.25, 0.3) is 0 Å². The van der Waals surface area contributed by atoms with Gasteiger partial charge in [-0.1, -0.05) is 25.4 Å². The molecule has 1 unspecified atom stereocenters. The fraction of sp³-hybridized carbons (Fsp3) is 0.867. The minimum Gasteiger partial charge on any atom is -0.339 e. The second-order valence-electron chi connectivity index (χ2n) is 5.77. The Bertz CT molecular complexity index is 365. The van der Waals surface area contributed by atoms with Crippen LogP contribution in [0.5, 0.6) is 0 Å². The quantitative estimate of drug-likeness (QED) is 0.857. The zero-order valence-corrected chi connectivity index (χ0v) is 12.5. The van der Waals surface area contributed by atoms with Crippen molar-refractivity contribution in [1.82, 2.24) is 15.5 Å². The lowest BCUT2D eigenvalue weighted by Crippen LogP contribution is -2.26. The van der Waals surface area contributed by atoms with Crippen molar-refractivity contribution in [3.63, 3.8) is 0 Å². The van der Waals surface area contributed by atoms with E-state index in [0.29, 0.717) is 12.0 Å². The Morgan fingerprint density at radius 2 is 2.00 bits per heavy atom. The van der Waals surface area contributed by atoms with Gasteiger partial charge in [-0.25, -0.2) is 0 Å². The molecule has 4 nitrogen and oxygen atoms in total. The van der Waals surface area contributed by atoms with Crippen molar-refractivity contribution in [2.45, 2.75) is 70.8 Å². The average Bonchev–Trinajstić information content (AvgIpc) is 2.93. The van der Waals surface area contributed by atoms with Crippen molar-refractivity contribution in [2.75, 3.05) is 7.05 Å². The number of nitrogens with one attached hydrogen (secondary N) is 1. The summed E-state index contributed by atoms with van der Waals surface area (Å²) in [6.07, 6.45) is 8.31. The molecule has 1 aromatic rings. The first kappa shape index (κ1) is 14.5. The highest BCUT2D eigenvalue weighted by atomic mass is 16.5. The highest BCUT2D eigenvalue weighted by Crippen LogP contribution is 2.35. The predicted octanol–water partition coefficient (Wildman–Crippen LogP) is 3.29. The molecule has 1 aliphatic carbocycles. The molecule has 0 amide bonds. The summed E-state index contributed by atoms with van der Waals surface area (Å²) < 4.78 is 5.40. The van der Waals surface area contributed by atoms with Crippen molar-refractivity contribution in [2.24, 2.45) is 5.92 Å². The van der Waals surface area contributed by atoms with Crippen molar-refractivity contribution in [3.8, 4) is 0 Å². The third-order valence-corrected chi connectivity index (χ3v) is 4.60. The normalized spacial score (nSPS) is 25.4. The molecule has 108 valence electrons. The number of nitrogens with zero attached hydrogens (tertiary/aromatic N) is 2. The maximum absolute atomic E-state index is 5.40. The molecule has 1 saturated carbocycles. The molecule has 1 heterocycles. The molecule has 0 aromatic carbocycles. The number of rotatable bonds is 6. The van der Waals surface area contributed by atoms with Crippen LogP contribution in [0.2, 0.25) is 0 Å². The van der Waals surface area contributed by atoms with Crippen LogP contribution in [0, 0.1) is 5.92 Å². The van der Waals surface area contributed by atoms with E-state index in [0.717, 1.165) is 30.5 Å². The van der Waals surface area contributed by atoms with Crippen molar-refractivity contribution in [3.05, 3.63) is 11.7 Å². The van der Waals surface area contributed by atoms with Crippen LogP contribution in [0.15, 0.2) is 4.52 Å². The third kappa shape index (κ3) is 3.78. The van der Waals surface area contributed by atoms with E-state index < -0.39 is 0 Å². The van der Waals surface area contributed by atoms with Gasteiger partial charge in [0.25, 0.3) is 0 Å². The Morgan fingerprint density at radius 3 is 2.58 bits per heavy atom. The molecule has 0 spiro atoms. The van der Waals surface area contributed by atoms with Gasteiger partial charge in [0.05, 0.1) is 0 Å². The summed E-state index contributed by atoms with van der Waals surface area (Å²) in [7, 11) is 1.98. The Kier molecular flexibility index (Phi) is 5.37. The lowest BCUT2D eigenvalue weighted by Gasteiger charge is -2.25. The fourth-order valence-corrected chi connectivity index (χ4v) is 3.01. The summed E-state index contributed by atoms with van der Waals surface area (Å²) in [6, 6.07) is 0.434. The molecule has 1 aromatic heterocycles. The van der Waals surface area contributed by atoms with E-state index >= 15 is 0 Å². The summed E-state index contributed by atoms with van der Waals surface area (Å²) >= 11 is 0. The Morgan fingerprint density at radius 1 is 1.26 bits per heavy atom. The summed E-state index contributed by atoms with van der Waals surface area (Å²) in [4.78, 5) is 4.60. The van der Waals surface area contributed by atoms with Crippen LogP contribution in [0.4, 0.5) is 0 Å². The molecule has 1 N–H and O–H groups in total. The molecular formula is C15H27N3O. The summed E-state index contributed by atoms with van der Waals surface area (Å²) in [5.41, 5.74) is 0. The van der Waals surface area contributed by atoms with Gasteiger partial charge in [0.2, 0.25) is 5.89 Å². The van der Waals surface area contributed by atoms with Crippen LogP contribution >= 0.6 is 0 Å². The van der Waals surface area contributed by atoms with Crippen LogP contribution in [-0.4, -0.2) is 23.2 Å². The molecule has 1 aliphatic rings. The molecule has 1 fully saturated rings. The Hall–Kier alpha value is -0.900. The Balaban J connectivity index is 1.90. The second-order valence-corrected chi connectivity index (χ2v) is 5.77. The van der Waals surface area contributed by atoms with Gasteiger partial charge in [0.1, 0.15) is 0 Å². The van der Waals surface area contributed by atoms with E-state index in [1.165, 1.54) is 32.1 Å². The van der Waals surface area contributed by atoms with Gasteiger partial charge < -0.3 is 9.84 Å². The number of aromatic nitrogens is 2. The van der Waals surface area contributed by atoms with Gasteiger partial charge >= 0.3 is 0 Å². The molecule has 1 atom stereocenters. The maximum Gasteiger partial charge on any atom is 0.228 e. The molecule has 0 radical (unpaired) electrons. The largest absolute Gasteiger partial charge is 0.339 e. The van der Waals surface area contributed by atoms with Crippen LogP contribution < -0.4 is 5.32 Å². The van der Waals surface area contributed by atoms with Crippen LogP contribution in [0.1, 0.15) is 70.0 Å². The van der Waals surface area contributed by atoms with E-state index in [-0.39, 0.29) is 0 Å². The summed E-state index contributed by atoms with van der Waals surface area (Å²) in [6.45, 7) is 4.46. The lowest BCUT2D eigenvalue weighted by atomic mass is 9.80. The van der Waals surface area contributed by atoms with Gasteiger partial charge in [-0.2, -0.15) is 4.98 Å². The van der Waals surface area contributed by atoms with Crippen molar-refractivity contribution >= 4 is 0 Å². The lowest BCUT2D eigenvalue weighted by molar-refractivity contribution is 0.302. The van der Waals surface area contributed by atoms with Gasteiger partial charge in [-0.05, 0) is 45.1 Å². The first-order valence-electron chi connectivity index (χ1n) is 7.76. The van der Waals surface area contributed by atoms with Crippen LogP contribution in [-0.2, 0) is 6.42 Å². The Labute approximate surface area is 116 Å². The standard InChI is InChI=1S/C15H27N3O/c1-4-11-6-8-12(9-7-11)15-17-14(19-18-15)10-13(5-2)16-3/h11-13,16H,4-10H2,1-3H3. The average molecular weight is 265 g/mol. The van der Waals surface area contributed by atoms with E-state index in [1.54, 1.807) is 0 Å². The van der Waals surface area contributed by atoms with E-state index in [2.05, 4.69) is 29.3 Å². The number of likely N-dealkylation sites (N-methyl/N-ethyl adjacent to an activating group) is 1. The maximum atomic E-state index is 5.40. The van der Waals surface area contributed by atoms with E-state index in [9.17, 15) is 0 Å². The van der Waals surface area contributed by atoms with Crippen molar-refractivity contribution in [1.29, 1.82) is 0 Å². The fourth-order valence-electron chi connectivity index (χ4n) is 3.01. The second kappa shape index (κ2) is 7.04. The molecule has 0 saturated heterocycles. The first-order chi connectivity index (χ1) is 9.26. The predicted molar refractivity (Wildman–Crippen MR) is 76.1 cm³/mol. The zero-order chi connectivity index (χ0) is 13.7. The summed E-state index contributed by atoms with van der Waals surface area (Å²) in [5.74, 6) is 3.16. The molecule has 0 bridgehead atoms. The highest BCUT2D eigenvalue weighted by Gasteiger charge is 2.25. The van der Waals surface area contributed by atoms with Gasteiger partial charge in [-0.15, -0.1) is 0 Å². The number of hydrogen-bond acceptors (Lipinski definition) is 4. The topological polar surface area (TPSA) is 51.0 Å². The molecule has 0 aliphatic heterocycles. The van der Waals surface area contributed by atoms with E-state index in [1.807, 2.05) is 7.05 Å². The van der Waals surface area contributed by atoms with Gasteiger partial charge in [-0.3, -0.25) is 0 Å². The SMILES string of the molecule is CCC1CCC(c2noc(CC(CC)NC)n2)CC1. The van der Waals surface area contributed by atoms with E-state index in [4.69, 9.17) is 4.52 Å². The smallest absolute Gasteiger partial charge is 0.228 e. The number of hydrogen-bond donors (Lipinski definition) is 1. The molecular weight excluding hydrogens is 238 g/mol. The van der Waals surface area contributed by atoms with Crippen molar-refractivity contribution < 1.29 is 4.52 Å². The first-order valence-corrected chi connectivity index (χ1v) is 7.76. The zero-order valence-electron chi connectivity index (χ0n) is 12.5. The highest BCUT2D eigenvalue weighted by molar-refractivity contribution is 4.98. The minimum absolute atomic E-state index is 0.434. The summed E-state index contributed by atoms with van der Waals surface area (Å²) in [5, 5.41) is 7.47. The van der Waals surface area contributed by atoms with Gasteiger partial charge in [0, 0.05) is 18.4 Å². The monoisotopic (exact) mass is 265 g/mol. The minimum atomic E-state index is 0.434. The van der Waals surface area contributed by atoms with Gasteiger partial charge in [0.15, 0.2) is 5.82 Å². The molecule has 4 heteroatoms. The third-order valence-electron chi connectivity index (χ3n) is 4.60. The molecule has 2 rings (SSSR count). The van der Waals surface area contributed by atoms with Crippen LogP contribution in [0.3, 0.4) is 0 Å².